The monoisotopic (exact) mass is 323 g/mol. The summed E-state index contributed by atoms with van der Waals surface area (Å²) in [5.41, 5.74) is 0.819. The van der Waals surface area contributed by atoms with Crippen LogP contribution in [-0.4, -0.2) is 15.2 Å². The van der Waals surface area contributed by atoms with Gasteiger partial charge in [-0.15, -0.1) is 0 Å². The van der Waals surface area contributed by atoms with Gasteiger partial charge in [-0.25, -0.2) is 9.37 Å². The fraction of sp³-hybridized carbons (Fsp3) is 0.429. The molecule has 0 spiro atoms. The fourth-order valence-corrected chi connectivity index (χ4v) is 3.15. The van der Waals surface area contributed by atoms with E-state index in [2.05, 4.69) is 31.1 Å². The molecule has 2 aromatic rings. The molecular weight excluding hydrogens is 309 g/mol. The van der Waals surface area contributed by atoms with Crippen molar-refractivity contribution >= 4 is 15.9 Å². The van der Waals surface area contributed by atoms with Crippen molar-refractivity contribution in [3.63, 3.8) is 0 Å². The SMILES string of the molecule is Fc1ccc(-c2n[nH]c(C3CCCCC3)n2)c(Br)c1. The molecule has 1 aliphatic rings. The summed E-state index contributed by atoms with van der Waals surface area (Å²) in [5, 5.41) is 7.30. The lowest BCUT2D eigenvalue weighted by molar-refractivity contribution is 0.429. The summed E-state index contributed by atoms with van der Waals surface area (Å²) in [6.07, 6.45) is 6.21. The Morgan fingerprint density at radius 3 is 2.74 bits per heavy atom. The molecule has 3 nitrogen and oxygen atoms in total. The molecule has 0 unspecified atom stereocenters. The fourth-order valence-electron chi connectivity index (χ4n) is 2.62. The zero-order valence-corrected chi connectivity index (χ0v) is 12.1. The molecule has 5 heteroatoms. The van der Waals surface area contributed by atoms with E-state index < -0.39 is 0 Å². The summed E-state index contributed by atoms with van der Waals surface area (Å²) in [6, 6.07) is 4.57. The zero-order chi connectivity index (χ0) is 13.2. The number of aromatic amines is 1. The molecule has 0 radical (unpaired) electrons. The van der Waals surface area contributed by atoms with E-state index in [1.807, 2.05) is 0 Å². The molecule has 0 saturated heterocycles. The van der Waals surface area contributed by atoms with E-state index in [0.717, 1.165) is 11.4 Å². The molecule has 0 amide bonds. The van der Waals surface area contributed by atoms with Crippen LogP contribution in [0.15, 0.2) is 22.7 Å². The summed E-state index contributed by atoms with van der Waals surface area (Å²) in [7, 11) is 0. The van der Waals surface area contributed by atoms with Gasteiger partial charge in [-0.1, -0.05) is 19.3 Å². The molecule has 100 valence electrons. The van der Waals surface area contributed by atoms with Crippen LogP contribution in [0.3, 0.4) is 0 Å². The van der Waals surface area contributed by atoms with Gasteiger partial charge >= 0.3 is 0 Å². The summed E-state index contributed by atoms with van der Waals surface area (Å²) in [6.45, 7) is 0. The Bertz CT molecular complexity index is 576. The minimum atomic E-state index is -0.265. The predicted molar refractivity (Wildman–Crippen MR) is 75.3 cm³/mol. The van der Waals surface area contributed by atoms with Gasteiger partial charge in [0.05, 0.1) is 0 Å². The van der Waals surface area contributed by atoms with Gasteiger partial charge in [0.1, 0.15) is 11.6 Å². The smallest absolute Gasteiger partial charge is 0.182 e. The second-order valence-electron chi connectivity index (χ2n) is 5.00. The van der Waals surface area contributed by atoms with Crippen LogP contribution in [-0.2, 0) is 0 Å². The molecule has 1 aliphatic carbocycles. The van der Waals surface area contributed by atoms with E-state index in [0.29, 0.717) is 16.2 Å². The van der Waals surface area contributed by atoms with Gasteiger partial charge in [0.2, 0.25) is 0 Å². The third-order valence-electron chi connectivity index (χ3n) is 3.67. The van der Waals surface area contributed by atoms with E-state index >= 15 is 0 Å². The first-order chi connectivity index (χ1) is 9.24. The van der Waals surface area contributed by atoms with Gasteiger partial charge in [-0.05, 0) is 47.0 Å². The topological polar surface area (TPSA) is 41.6 Å². The van der Waals surface area contributed by atoms with Crippen molar-refractivity contribution < 1.29 is 4.39 Å². The predicted octanol–water partition coefficient (Wildman–Crippen LogP) is 4.42. The highest BCUT2D eigenvalue weighted by Crippen LogP contribution is 2.32. The van der Waals surface area contributed by atoms with Crippen LogP contribution in [0.5, 0.6) is 0 Å². The number of hydrogen-bond donors (Lipinski definition) is 1. The number of benzene rings is 1. The molecule has 1 saturated carbocycles. The van der Waals surface area contributed by atoms with E-state index in [1.165, 1.54) is 44.2 Å². The molecule has 1 aromatic carbocycles. The van der Waals surface area contributed by atoms with Gasteiger partial charge in [0.25, 0.3) is 0 Å². The molecule has 0 atom stereocenters. The highest BCUT2D eigenvalue weighted by Gasteiger charge is 2.20. The molecule has 1 N–H and O–H groups in total. The van der Waals surface area contributed by atoms with Crippen molar-refractivity contribution in [2.45, 2.75) is 38.0 Å². The van der Waals surface area contributed by atoms with Gasteiger partial charge in [-0.2, -0.15) is 5.10 Å². The highest BCUT2D eigenvalue weighted by atomic mass is 79.9. The third-order valence-corrected chi connectivity index (χ3v) is 4.32. The normalized spacial score (nSPS) is 16.7. The lowest BCUT2D eigenvalue weighted by atomic mass is 9.89. The van der Waals surface area contributed by atoms with E-state index in [1.54, 1.807) is 6.07 Å². The van der Waals surface area contributed by atoms with Gasteiger partial charge in [-0.3, -0.25) is 5.10 Å². The Hall–Kier alpha value is -1.23. The molecular formula is C14H15BrFN3. The molecule has 19 heavy (non-hydrogen) atoms. The second-order valence-corrected chi connectivity index (χ2v) is 5.86. The Balaban J connectivity index is 1.87. The second kappa shape index (κ2) is 5.41. The summed E-state index contributed by atoms with van der Waals surface area (Å²) in [4.78, 5) is 4.58. The maximum atomic E-state index is 13.1. The summed E-state index contributed by atoms with van der Waals surface area (Å²) >= 11 is 3.36. The van der Waals surface area contributed by atoms with Crippen LogP contribution in [0.25, 0.3) is 11.4 Å². The number of aromatic nitrogens is 3. The van der Waals surface area contributed by atoms with Gasteiger partial charge < -0.3 is 0 Å². The standard InChI is InChI=1S/C14H15BrFN3/c15-12-8-10(16)6-7-11(12)14-17-13(18-19-14)9-4-2-1-3-5-9/h6-9H,1-5H2,(H,17,18,19). The first-order valence-electron chi connectivity index (χ1n) is 6.62. The summed E-state index contributed by atoms with van der Waals surface area (Å²) < 4.78 is 13.8. The van der Waals surface area contributed by atoms with Crippen molar-refractivity contribution in [2.24, 2.45) is 0 Å². The van der Waals surface area contributed by atoms with Crippen LogP contribution in [0.1, 0.15) is 43.8 Å². The van der Waals surface area contributed by atoms with Gasteiger partial charge in [0.15, 0.2) is 5.82 Å². The number of halogens is 2. The van der Waals surface area contributed by atoms with Crippen LogP contribution in [0, 0.1) is 5.82 Å². The van der Waals surface area contributed by atoms with Crippen LogP contribution < -0.4 is 0 Å². The first kappa shape index (κ1) is 12.8. The first-order valence-corrected chi connectivity index (χ1v) is 7.41. The van der Waals surface area contributed by atoms with Crippen LogP contribution in [0.4, 0.5) is 4.39 Å². The lowest BCUT2D eigenvalue weighted by Crippen LogP contribution is -2.06. The van der Waals surface area contributed by atoms with E-state index in [9.17, 15) is 4.39 Å². The lowest BCUT2D eigenvalue weighted by Gasteiger charge is -2.18. The van der Waals surface area contributed by atoms with Crippen molar-refractivity contribution in [3.05, 3.63) is 34.3 Å². The third kappa shape index (κ3) is 2.71. The molecule has 1 fully saturated rings. The quantitative estimate of drug-likeness (QED) is 0.888. The average Bonchev–Trinajstić information content (AvgIpc) is 2.89. The Morgan fingerprint density at radius 1 is 1.21 bits per heavy atom. The molecule has 0 bridgehead atoms. The number of nitrogens with one attached hydrogen (secondary N) is 1. The van der Waals surface area contributed by atoms with E-state index in [4.69, 9.17) is 0 Å². The van der Waals surface area contributed by atoms with Crippen molar-refractivity contribution in [2.75, 3.05) is 0 Å². The largest absolute Gasteiger partial charge is 0.262 e. The maximum absolute atomic E-state index is 13.1. The Morgan fingerprint density at radius 2 is 2.00 bits per heavy atom. The van der Waals surface area contributed by atoms with Crippen LogP contribution >= 0.6 is 15.9 Å². The number of H-pyrrole nitrogens is 1. The van der Waals surface area contributed by atoms with Crippen molar-refractivity contribution in [1.82, 2.24) is 15.2 Å². The van der Waals surface area contributed by atoms with Crippen molar-refractivity contribution in [1.29, 1.82) is 0 Å². The summed E-state index contributed by atoms with van der Waals surface area (Å²) in [5.74, 6) is 1.83. The minimum Gasteiger partial charge on any atom is -0.262 e. The highest BCUT2D eigenvalue weighted by molar-refractivity contribution is 9.10. The Labute approximate surface area is 119 Å². The molecule has 3 rings (SSSR count). The average molecular weight is 324 g/mol. The minimum absolute atomic E-state index is 0.265. The van der Waals surface area contributed by atoms with Crippen LogP contribution in [0.2, 0.25) is 0 Å². The van der Waals surface area contributed by atoms with Gasteiger partial charge in [0, 0.05) is 16.0 Å². The Kier molecular flexibility index (Phi) is 3.64. The molecule has 0 aliphatic heterocycles. The molecule has 1 heterocycles. The van der Waals surface area contributed by atoms with E-state index in [-0.39, 0.29) is 5.82 Å². The number of nitrogens with zero attached hydrogens (tertiary/aromatic N) is 2. The van der Waals surface area contributed by atoms with Crippen molar-refractivity contribution in [3.8, 4) is 11.4 Å². The zero-order valence-electron chi connectivity index (χ0n) is 10.5. The number of hydrogen-bond acceptors (Lipinski definition) is 2. The maximum Gasteiger partial charge on any atom is 0.182 e. The molecule has 1 aromatic heterocycles. The number of rotatable bonds is 2.